The van der Waals surface area contributed by atoms with Crippen molar-refractivity contribution in [3.8, 4) is 0 Å². The summed E-state index contributed by atoms with van der Waals surface area (Å²) in [7, 11) is -3.37. The molecule has 112 valence electrons. The van der Waals surface area contributed by atoms with E-state index in [-0.39, 0.29) is 11.4 Å². The highest BCUT2D eigenvalue weighted by Gasteiger charge is 2.31. The van der Waals surface area contributed by atoms with E-state index < -0.39 is 10.2 Å². The summed E-state index contributed by atoms with van der Waals surface area (Å²) in [5.41, 5.74) is 0. The maximum absolute atomic E-state index is 12.4. The van der Waals surface area contributed by atoms with E-state index in [1.165, 1.54) is 0 Å². The smallest absolute Gasteiger partial charge is 0.198 e. The minimum atomic E-state index is -3.37. The first kappa shape index (κ1) is 15.5. The maximum atomic E-state index is 12.4. The number of hydrogen-bond donors (Lipinski definition) is 1. The molecule has 3 unspecified atom stereocenters. The van der Waals surface area contributed by atoms with Crippen LogP contribution in [0.1, 0.15) is 51.9 Å². The fourth-order valence-corrected chi connectivity index (χ4v) is 5.08. The van der Waals surface area contributed by atoms with Gasteiger partial charge in [0.2, 0.25) is 0 Å². The predicted octanol–water partition coefficient (Wildman–Crippen LogP) is 2.49. The Morgan fingerprint density at radius 1 is 1.11 bits per heavy atom. The molecule has 0 aromatic heterocycles. The fourth-order valence-electron chi connectivity index (χ4n) is 3.03. The zero-order valence-electron chi connectivity index (χ0n) is 11.6. The van der Waals surface area contributed by atoms with Crippen LogP contribution >= 0.6 is 11.6 Å². The van der Waals surface area contributed by atoms with Crippen molar-refractivity contribution >= 4 is 21.8 Å². The van der Waals surface area contributed by atoms with Gasteiger partial charge in [0.1, 0.15) is 0 Å². The molecule has 0 amide bonds. The molecule has 2 aliphatic rings. The normalized spacial score (nSPS) is 34.9. The van der Waals surface area contributed by atoms with Crippen LogP contribution in [0.3, 0.4) is 0 Å². The van der Waals surface area contributed by atoms with Crippen LogP contribution in [-0.2, 0) is 10.2 Å². The zero-order valence-corrected chi connectivity index (χ0v) is 13.2. The van der Waals surface area contributed by atoms with Crippen LogP contribution in [-0.4, -0.2) is 37.2 Å². The molecule has 6 heteroatoms. The molecule has 1 heterocycles. The lowest BCUT2D eigenvalue weighted by atomic mass is 10.0. The molecule has 1 saturated heterocycles. The fraction of sp³-hybridized carbons (Fsp3) is 1.00. The molecule has 1 aliphatic carbocycles. The van der Waals surface area contributed by atoms with Crippen LogP contribution < -0.4 is 4.72 Å². The monoisotopic (exact) mass is 308 g/mol. The molecule has 1 N–H and O–H groups in total. The summed E-state index contributed by atoms with van der Waals surface area (Å²) in [5, 5.41) is -0.0699. The summed E-state index contributed by atoms with van der Waals surface area (Å²) in [4.78, 5) is 0. The van der Waals surface area contributed by atoms with Gasteiger partial charge in [-0.05, 0) is 31.6 Å². The summed E-state index contributed by atoms with van der Waals surface area (Å²) in [5.74, 6) is 0.450. The van der Waals surface area contributed by atoms with E-state index in [0.29, 0.717) is 19.0 Å². The van der Waals surface area contributed by atoms with Gasteiger partial charge in [0.05, 0.1) is 0 Å². The Bertz CT molecular complexity index is 388. The molecule has 0 radical (unpaired) electrons. The van der Waals surface area contributed by atoms with Gasteiger partial charge in [0.25, 0.3) is 10.2 Å². The van der Waals surface area contributed by atoms with Crippen LogP contribution in [0.5, 0.6) is 0 Å². The molecule has 0 aromatic carbocycles. The number of hydrogen-bond acceptors (Lipinski definition) is 2. The summed E-state index contributed by atoms with van der Waals surface area (Å²) in [6.45, 7) is 3.38. The van der Waals surface area contributed by atoms with Crippen molar-refractivity contribution < 1.29 is 8.42 Å². The number of alkyl halides is 1. The second kappa shape index (κ2) is 6.74. The van der Waals surface area contributed by atoms with Gasteiger partial charge in [0.15, 0.2) is 0 Å². The van der Waals surface area contributed by atoms with Crippen LogP contribution in [0.15, 0.2) is 0 Å². The number of halogens is 1. The average Bonchev–Trinajstić information content (AvgIpc) is 2.55. The Labute approximate surface area is 122 Å². The molecule has 1 saturated carbocycles. The number of rotatable bonds is 3. The summed E-state index contributed by atoms with van der Waals surface area (Å²) in [6.07, 6.45) is 7.16. The van der Waals surface area contributed by atoms with Crippen molar-refractivity contribution in [3.05, 3.63) is 0 Å². The first-order chi connectivity index (χ1) is 8.99. The minimum absolute atomic E-state index is 0.0699. The maximum Gasteiger partial charge on any atom is 0.279 e. The third-order valence-corrected chi connectivity index (χ3v) is 6.33. The third-order valence-electron chi connectivity index (χ3n) is 4.19. The SMILES string of the molecule is CC1CCCN(S(=O)(=O)NC2CCCCCC2Cl)C1. The van der Waals surface area contributed by atoms with Crippen molar-refractivity contribution in [1.29, 1.82) is 0 Å². The molecule has 0 bridgehead atoms. The van der Waals surface area contributed by atoms with E-state index >= 15 is 0 Å². The van der Waals surface area contributed by atoms with E-state index in [1.54, 1.807) is 4.31 Å². The molecule has 0 aromatic rings. The van der Waals surface area contributed by atoms with Crippen molar-refractivity contribution in [2.45, 2.75) is 63.3 Å². The topological polar surface area (TPSA) is 49.4 Å². The molecular formula is C13H25ClN2O2S. The predicted molar refractivity (Wildman–Crippen MR) is 78.5 cm³/mol. The second-order valence-corrected chi connectivity index (χ2v) is 8.25. The van der Waals surface area contributed by atoms with Crippen molar-refractivity contribution in [2.75, 3.05) is 13.1 Å². The number of nitrogens with one attached hydrogen (secondary N) is 1. The molecule has 3 atom stereocenters. The molecule has 2 fully saturated rings. The van der Waals surface area contributed by atoms with E-state index in [1.807, 2.05) is 0 Å². The highest BCUT2D eigenvalue weighted by Crippen LogP contribution is 2.24. The lowest BCUT2D eigenvalue weighted by molar-refractivity contribution is 0.276. The number of piperidine rings is 1. The highest BCUT2D eigenvalue weighted by molar-refractivity contribution is 7.87. The van der Waals surface area contributed by atoms with E-state index in [4.69, 9.17) is 11.6 Å². The Kier molecular flexibility index (Phi) is 5.52. The first-order valence-electron chi connectivity index (χ1n) is 7.40. The quantitative estimate of drug-likeness (QED) is 0.643. The zero-order chi connectivity index (χ0) is 13.9. The van der Waals surface area contributed by atoms with Gasteiger partial charge in [-0.15, -0.1) is 11.6 Å². The van der Waals surface area contributed by atoms with E-state index in [9.17, 15) is 8.42 Å². The average molecular weight is 309 g/mol. The molecule has 19 heavy (non-hydrogen) atoms. The first-order valence-corrected chi connectivity index (χ1v) is 9.28. The van der Waals surface area contributed by atoms with Crippen LogP contribution in [0.25, 0.3) is 0 Å². The number of nitrogens with zero attached hydrogens (tertiary/aromatic N) is 1. The van der Waals surface area contributed by atoms with Gasteiger partial charge in [0, 0.05) is 24.5 Å². The molecule has 0 spiro atoms. The van der Waals surface area contributed by atoms with Crippen LogP contribution in [0, 0.1) is 5.92 Å². The minimum Gasteiger partial charge on any atom is -0.198 e. The second-order valence-electron chi connectivity index (χ2n) is 5.99. The largest absolute Gasteiger partial charge is 0.279 e. The molecule has 2 rings (SSSR count). The van der Waals surface area contributed by atoms with Gasteiger partial charge < -0.3 is 0 Å². The van der Waals surface area contributed by atoms with Crippen molar-refractivity contribution in [1.82, 2.24) is 9.03 Å². The summed E-state index contributed by atoms with van der Waals surface area (Å²) >= 11 is 6.32. The molecule has 4 nitrogen and oxygen atoms in total. The Morgan fingerprint density at radius 3 is 2.58 bits per heavy atom. The van der Waals surface area contributed by atoms with Gasteiger partial charge in [-0.1, -0.05) is 26.2 Å². The van der Waals surface area contributed by atoms with Crippen molar-refractivity contribution in [3.63, 3.8) is 0 Å². The third kappa shape index (κ3) is 4.31. The van der Waals surface area contributed by atoms with Gasteiger partial charge in [-0.3, -0.25) is 0 Å². The standard InChI is InChI=1S/C13H25ClN2O2S/c1-11-6-5-9-16(10-11)19(17,18)15-13-8-4-2-3-7-12(13)14/h11-13,15H,2-10H2,1H3. The Hall–Kier alpha value is 0.160. The summed E-state index contributed by atoms with van der Waals surface area (Å²) in [6, 6.07) is -0.105. The lowest BCUT2D eigenvalue weighted by Gasteiger charge is -2.32. The van der Waals surface area contributed by atoms with Gasteiger partial charge >= 0.3 is 0 Å². The summed E-state index contributed by atoms with van der Waals surface area (Å²) < 4.78 is 29.3. The highest BCUT2D eigenvalue weighted by atomic mass is 35.5. The molecule has 1 aliphatic heterocycles. The Morgan fingerprint density at radius 2 is 1.84 bits per heavy atom. The van der Waals surface area contributed by atoms with E-state index in [2.05, 4.69) is 11.6 Å². The van der Waals surface area contributed by atoms with Crippen LogP contribution in [0.4, 0.5) is 0 Å². The van der Waals surface area contributed by atoms with E-state index in [0.717, 1.165) is 44.9 Å². The Balaban J connectivity index is 1.99. The van der Waals surface area contributed by atoms with Gasteiger partial charge in [-0.25, -0.2) is 0 Å². The van der Waals surface area contributed by atoms with Crippen LogP contribution in [0.2, 0.25) is 0 Å². The lowest BCUT2D eigenvalue weighted by Crippen LogP contribution is -2.50. The van der Waals surface area contributed by atoms with Crippen molar-refractivity contribution in [2.24, 2.45) is 5.92 Å². The van der Waals surface area contributed by atoms with Gasteiger partial charge in [-0.2, -0.15) is 17.4 Å². The molecular weight excluding hydrogens is 284 g/mol.